The van der Waals surface area contributed by atoms with Gasteiger partial charge in [-0.2, -0.15) is 0 Å². The van der Waals surface area contributed by atoms with Gasteiger partial charge in [0.05, 0.1) is 10.0 Å². The van der Waals surface area contributed by atoms with E-state index in [1.165, 1.54) is 36.8 Å². The van der Waals surface area contributed by atoms with Crippen molar-refractivity contribution < 1.29 is 4.79 Å². The van der Waals surface area contributed by atoms with Gasteiger partial charge in [-0.15, -0.1) is 0 Å². The molecule has 2 fully saturated rings. The van der Waals surface area contributed by atoms with Crippen molar-refractivity contribution in [3.63, 3.8) is 0 Å². The predicted molar refractivity (Wildman–Crippen MR) is 134 cm³/mol. The van der Waals surface area contributed by atoms with Crippen molar-refractivity contribution in [2.24, 2.45) is 11.8 Å². The highest BCUT2D eigenvalue weighted by Crippen LogP contribution is 2.40. The second-order valence-corrected chi connectivity index (χ2v) is 10.9. The lowest BCUT2D eigenvalue weighted by Gasteiger charge is -2.41. The number of piperidine rings is 1. The van der Waals surface area contributed by atoms with Gasteiger partial charge in [0, 0.05) is 30.2 Å². The van der Waals surface area contributed by atoms with Gasteiger partial charge in [-0.05, 0) is 80.7 Å². The number of hydrogen-bond acceptors (Lipinski definition) is 2. The maximum absolute atomic E-state index is 12.8. The molecule has 0 spiro atoms. The molecule has 32 heavy (non-hydrogen) atoms. The van der Waals surface area contributed by atoms with E-state index in [0.717, 1.165) is 18.5 Å². The second kappa shape index (κ2) is 10.2. The van der Waals surface area contributed by atoms with E-state index in [4.69, 9.17) is 23.2 Å². The molecule has 2 bridgehead atoms. The van der Waals surface area contributed by atoms with E-state index in [0.29, 0.717) is 34.0 Å². The molecule has 1 N–H and O–H groups in total. The molecule has 172 valence electrons. The first-order valence-electron chi connectivity index (χ1n) is 11.9. The van der Waals surface area contributed by atoms with Crippen LogP contribution in [0.15, 0.2) is 42.5 Å². The largest absolute Gasteiger partial charge is 0.348 e. The van der Waals surface area contributed by atoms with Crippen molar-refractivity contribution >= 4 is 29.1 Å². The molecule has 2 saturated heterocycles. The summed E-state index contributed by atoms with van der Waals surface area (Å²) in [5.41, 5.74) is 3.19. The number of fused-ring (bicyclic) bond motifs is 2. The van der Waals surface area contributed by atoms with Crippen LogP contribution in [0.2, 0.25) is 10.0 Å². The van der Waals surface area contributed by atoms with Gasteiger partial charge in [-0.3, -0.25) is 9.69 Å². The van der Waals surface area contributed by atoms with Crippen molar-refractivity contribution in [3.05, 3.63) is 69.2 Å². The van der Waals surface area contributed by atoms with Crippen LogP contribution in [0, 0.1) is 18.8 Å². The minimum atomic E-state index is 0.0329. The third kappa shape index (κ3) is 5.50. The Balaban J connectivity index is 1.37. The molecule has 0 aliphatic carbocycles. The quantitative estimate of drug-likeness (QED) is 0.495. The number of amides is 1. The van der Waals surface area contributed by atoms with Gasteiger partial charge in [-0.25, -0.2) is 0 Å². The highest BCUT2D eigenvalue weighted by molar-refractivity contribution is 6.42. The average molecular weight is 473 g/mol. The lowest BCUT2D eigenvalue weighted by atomic mass is 9.85. The van der Waals surface area contributed by atoms with Crippen molar-refractivity contribution in [2.45, 2.75) is 71.0 Å². The molecule has 1 amide bonds. The second-order valence-electron chi connectivity index (χ2n) is 10.1. The molecule has 2 heterocycles. The Bertz CT molecular complexity index is 929. The average Bonchev–Trinajstić information content (AvgIpc) is 2.98. The number of halogens is 2. The zero-order valence-electron chi connectivity index (χ0n) is 19.3. The molecule has 4 atom stereocenters. The minimum absolute atomic E-state index is 0.0329. The summed E-state index contributed by atoms with van der Waals surface area (Å²) < 4.78 is 0. The molecular weight excluding hydrogens is 439 g/mol. The molecule has 0 radical (unpaired) electrons. The van der Waals surface area contributed by atoms with Gasteiger partial charge in [0.1, 0.15) is 0 Å². The maximum atomic E-state index is 12.8. The number of nitrogens with one attached hydrogen (secondary N) is 1. The van der Waals surface area contributed by atoms with E-state index in [2.05, 4.69) is 30.1 Å². The van der Waals surface area contributed by atoms with E-state index < -0.39 is 0 Å². The first-order chi connectivity index (χ1) is 15.3. The van der Waals surface area contributed by atoms with Gasteiger partial charge in [0.25, 0.3) is 5.91 Å². The standard InChI is InChI=1S/C27H34Cl2N2O/c1-17(2)26(30-27(32)21-7-4-18(3)5-8-21)16-31-22-9-10-23(31)14-20(13-22)12-19-6-11-24(28)25(29)15-19/h4-8,11,15,17,20,22-23,26H,9-10,12-14,16H2,1-3H3,(H,30,32)/t20?,22-,23+,26-/m0/s1. The molecule has 2 aliphatic heterocycles. The number of hydrogen-bond donors (Lipinski definition) is 1. The maximum Gasteiger partial charge on any atom is 0.251 e. The van der Waals surface area contributed by atoms with E-state index in [9.17, 15) is 4.79 Å². The number of rotatable bonds is 7. The number of carbonyl (C=O) groups is 1. The Morgan fingerprint density at radius 1 is 1.03 bits per heavy atom. The summed E-state index contributed by atoms with van der Waals surface area (Å²) >= 11 is 12.3. The summed E-state index contributed by atoms with van der Waals surface area (Å²) in [6.07, 6.45) is 6.02. The Labute approximate surface area is 202 Å². The van der Waals surface area contributed by atoms with Crippen molar-refractivity contribution in [1.29, 1.82) is 0 Å². The van der Waals surface area contributed by atoms with Crippen LogP contribution in [-0.2, 0) is 6.42 Å². The minimum Gasteiger partial charge on any atom is -0.348 e. The summed E-state index contributed by atoms with van der Waals surface area (Å²) in [5, 5.41) is 4.59. The normalized spacial score (nSPS) is 24.0. The van der Waals surface area contributed by atoms with Gasteiger partial charge >= 0.3 is 0 Å². The number of nitrogens with zero attached hydrogens (tertiary/aromatic N) is 1. The van der Waals surface area contributed by atoms with Crippen LogP contribution in [0.4, 0.5) is 0 Å². The van der Waals surface area contributed by atoms with Crippen LogP contribution in [0.1, 0.15) is 61.0 Å². The smallest absolute Gasteiger partial charge is 0.251 e. The zero-order valence-corrected chi connectivity index (χ0v) is 20.8. The Morgan fingerprint density at radius 3 is 2.28 bits per heavy atom. The molecule has 5 heteroatoms. The van der Waals surface area contributed by atoms with Gasteiger partial charge in [0.2, 0.25) is 0 Å². The van der Waals surface area contributed by atoms with E-state index in [-0.39, 0.29) is 11.9 Å². The first kappa shape index (κ1) is 23.6. The topological polar surface area (TPSA) is 32.3 Å². The molecule has 3 nitrogen and oxygen atoms in total. The number of carbonyl (C=O) groups excluding carboxylic acids is 1. The fourth-order valence-corrected chi connectivity index (χ4v) is 5.78. The Kier molecular flexibility index (Phi) is 7.49. The lowest BCUT2D eigenvalue weighted by molar-refractivity contribution is 0.0751. The summed E-state index contributed by atoms with van der Waals surface area (Å²) in [5.74, 6) is 1.10. The highest BCUT2D eigenvalue weighted by Gasteiger charge is 2.41. The van der Waals surface area contributed by atoms with Crippen molar-refractivity contribution in [2.75, 3.05) is 6.54 Å². The third-order valence-corrected chi connectivity index (χ3v) is 8.07. The van der Waals surface area contributed by atoms with Crippen LogP contribution in [0.25, 0.3) is 0 Å². The molecule has 2 aromatic rings. The van der Waals surface area contributed by atoms with Gasteiger partial charge in [0.15, 0.2) is 0 Å². The molecule has 0 saturated carbocycles. The highest BCUT2D eigenvalue weighted by atomic mass is 35.5. The Morgan fingerprint density at radius 2 is 1.69 bits per heavy atom. The fourth-order valence-electron chi connectivity index (χ4n) is 5.46. The predicted octanol–water partition coefficient (Wildman–Crippen LogP) is 6.54. The Hall–Kier alpha value is -1.55. The molecule has 4 rings (SSSR count). The van der Waals surface area contributed by atoms with Crippen LogP contribution in [0.5, 0.6) is 0 Å². The summed E-state index contributed by atoms with van der Waals surface area (Å²) in [4.78, 5) is 15.5. The third-order valence-electron chi connectivity index (χ3n) is 7.33. The molecule has 0 aromatic heterocycles. The lowest BCUT2D eigenvalue weighted by Crippen LogP contribution is -2.52. The van der Waals surface area contributed by atoms with Crippen molar-refractivity contribution in [3.8, 4) is 0 Å². The SMILES string of the molecule is Cc1ccc(C(=O)N[C@@H](CN2[C@@H]3CC[C@H]2CC(Cc2ccc(Cl)c(Cl)c2)C3)C(C)C)cc1. The molecule has 1 unspecified atom stereocenters. The van der Waals surface area contributed by atoms with Crippen LogP contribution in [-0.4, -0.2) is 35.5 Å². The van der Waals surface area contributed by atoms with Gasteiger partial charge in [-0.1, -0.05) is 60.8 Å². The van der Waals surface area contributed by atoms with Crippen LogP contribution < -0.4 is 5.32 Å². The first-order valence-corrected chi connectivity index (χ1v) is 12.6. The number of benzene rings is 2. The summed E-state index contributed by atoms with van der Waals surface area (Å²) in [6, 6.07) is 15.2. The zero-order chi connectivity index (χ0) is 22.8. The summed E-state index contributed by atoms with van der Waals surface area (Å²) in [7, 11) is 0. The molecule has 2 aromatic carbocycles. The van der Waals surface area contributed by atoms with Crippen LogP contribution in [0.3, 0.4) is 0 Å². The number of aryl methyl sites for hydroxylation is 1. The monoisotopic (exact) mass is 472 g/mol. The van der Waals surface area contributed by atoms with E-state index in [1.54, 1.807) is 0 Å². The molecular formula is C27H34Cl2N2O. The van der Waals surface area contributed by atoms with Gasteiger partial charge < -0.3 is 5.32 Å². The van der Waals surface area contributed by atoms with E-state index in [1.807, 2.05) is 43.3 Å². The molecule has 2 aliphatic rings. The fraction of sp³-hybridized carbons (Fsp3) is 0.519. The summed E-state index contributed by atoms with van der Waals surface area (Å²) in [6.45, 7) is 7.39. The van der Waals surface area contributed by atoms with E-state index >= 15 is 0 Å². The van der Waals surface area contributed by atoms with Crippen LogP contribution >= 0.6 is 23.2 Å². The van der Waals surface area contributed by atoms with Crippen molar-refractivity contribution in [1.82, 2.24) is 10.2 Å².